The number of carbonyl (C=O) groups is 1. The lowest BCUT2D eigenvalue weighted by molar-refractivity contribution is -0.133. The van der Waals surface area contributed by atoms with Crippen molar-refractivity contribution in [3.05, 3.63) is 35.4 Å². The highest BCUT2D eigenvalue weighted by Crippen LogP contribution is 2.13. The smallest absolute Gasteiger partial charge is 0.225 e. The molecule has 1 amide bonds. The molecule has 2 aliphatic rings. The van der Waals surface area contributed by atoms with Crippen molar-refractivity contribution in [1.29, 1.82) is 0 Å². The molecule has 1 aromatic carbocycles. The van der Waals surface area contributed by atoms with Crippen LogP contribution in [0.1, 0.15) is 31.4 Å². The Hall–Kier alpha value is -2.12. The van der Waals surface area contributed by atoms with E-state index in [-0.39, 0.29) is 17.9 Å². The third kappa shape index (κ3) is 6.44. The molecule has 1 atom stereocenters. The molecule has 2 fully saturated rings. The Labute approximate surface area is 174 Å². The summed E-state index contributed by atoms with van der Waals surface area (Å²) < 4.78 is 5.41. The molecular weight excluding hydrogens is 366 g/mol. The van der Waals surface area contributed by atoms with E-state index in [1.165, 1.54) is 11.1 Å². The number of rotatable bonds is 6. The van der Waals surface area contributed by atoms with Gasteiger partial charge in [-0.15, -0.1) is 0 Å². The first kappa shape index (κ1) is 21.6. The van der Waals surface area contributed by atoms with Gasteiger partial charge in [0.25, 0.3) is 0 Å². The van der Waals surface area contributed by atoms with Crippen molar-refractivity contribution in [3.63, 3.8) is 0 Å². The Balaban J connectivity index is 1.43. The highest BCUT2D eigenvalue weighted by molar-refractivity contribution is 5.81. The number of ether oxygens (including phenoxy) is 1. The normalized spacial score (nSPS) is 20.9. The minimum Gasteiger partial charge on any atom is -0.379 e. The zero-order valence-corrected chi connectivity index (χ0v) is 18.0. The lowest BCUT2D eigenvalue weighted by atomic mass is 10.1. The molecule has 7 heteroatoms. The zero-order chi connectivity index (χ0) is 20.6. The Kier molecular flexibility index (Phi) is 7.89. The van der Waals surface area contributed by atoms with Gasteiger partial charge in [0.15, 0.2) is 5.96 Å². The maximum absolute atomic E-state index is 12.2. The van der Waals surface area contributed by atoms with Crippen LogP contribution in [0.3, 0.4) is 0 Å². The van der Waals surface area contributed by atoms with Gasteiger partial charge in [0, 0.05) is 58.3 Å². The molecule has 0 radical (unpaired) electrons. The zero-order valence-electron chi connectivity index (χ0n) is 18.0. The predicted octanol–water partition coefficient (Wildman–Crippen LogP) is 1.44. The first-order chi connectivity index (χ1) is 14.0. The van der Waals surface area contributed by atoms with Crippen LogP contribution >= 0.6 is 0 Å². The van der Waals surface area contributed by atoms with E-state index in [1.54, 1.807) is 7.05 Å². The molecule has 160 valence electrons. The van der Waals surface area contributed by atoms with Crippen molar-refractivity contribution in [1.82, 2.24) is 20.4 Å². The molecule has 2 heterocycles. The average Bonchev–Trinajstić information content (AvgIpc) is 3.20. The minimum atomic E-state index is 0.0532. The summed E-state index contributed by atoms with van der Waals surface area (Å²) >= 11 is 0. The summed E-state index contributed by atoms with van der Waals surface area (Å²) in [6, 6.07) is 9.01. The van der Waals surface area contributed by atoms with Gasteiger partial charge in [-0.2, -0.15) is 0 Å². The summed E-state index contributed by atoms with van der Waals surface area (Å²) in [4.78, 5) is 20.9. The van der Waals surface area contributed by atoms with E-state index < -0.39 is 0 Å². The summed E-state index contributed by atoms with van der Waals surface area (Å²) in [5, 5.41) is 6.84. The topological polar surface area (TPSA) is 69.2 Å². The van der Waals surface area contributed by atoms with E-state index in [0.29, 0.717) is 0 Å². The highest BCUT2D eigenvalue weighted by Gasteiger charge is 2.27. The molecule has 1 unspecified atom stereocenters. The number of carbonyl (C=O) groups excluding carboxylic acids is 1. The fourth-order valence-corrected chi connectivity index (χ4v) is 3.80. The second-order valence-corrected chi connectivity index (χ2v) is 8.20. The largest absolute Gasteiger partial charge is 0.379 e. The van der Waals surface area contributed by atoms with Crippen molar-refractivity contribution < 1.29 is 9.53 Å². The van der Waals surface area contributed by atoms with Crippen LogP contribution in [0.4, 0.5) is 0 Å². The van der Waals surface area contributed by atoms with Crippen molar-refractivity contribution in [3.8, 4) is 0 Å². The van der Waals surface area contributed by atoms with Crippen LogP contribution in [0.5, 0.6) is 0 Å². The van der Waals surface area contributed by atoms with Gasteiger partial charge in [-0.1, -0.05) is 38.1 Å². The number of hydrogen-bond acceptors (Lipinski definition) is 4. The van der Waals surface area contributed by atoms with Crippen LogP contribution in [0, 0.1) is 5.92 Å². The number of nitrogens with zero attached hydrogens (tertiary/aromatic N) is 3. The number of guanidine groups is 1. The van der Waals surface area contributed by atoms with E-state index >= 15 is 0 Å². The van der Waals surface area contributed by atoms with Crippen molar-refractivity contribution in [2.75, 3.05) is 46.4 Å². The lowest BCUT2D eigenvalue weighted by Crippen LogP contribution is -2.45. The van der Waals surface area contributed by atoms with Crippen molar-refractivity contribution >= 4 is 11.9 Å². The Morgan fingerprint density at radius 1 is 1.17 bits per heavy atom. The van der Waals surface area contributed by atoms with Crippen molar-refractivity contribution in [2.45, 2.75) is 39.4 Å². The minimum absolute atomic E-state index is 0.0532. The van der Waals surface area contributed by atoms with Gasteiger partial charge in [-0.05, 0) is 17.5 Å². The molecular formula is C22H35N5O2. The number of hydrogen-bond donors (Lipinski definition) is 2. The number of nitrogens with one attached hydrogen (secondary N) is 2. The SMILES string of the molecule is CN=C(NCc1ccc(CN2CCOCC2)cc1)NC1CCN(C(=O)C(C)C)C1. The lowest BCUT2D eigenvalue weighted by Gasteiger charge is -2.26. The van der Waals surface area contributed by atoms with Gasteiger partial charge in [-0.3, -0.25) is 14.7 Å². The van der Waals surface area contributed by atoms with E-state index in [4.69, 9.17) is 4.74 Å². The quantitative estimate of drug-likeness (QED) is 0.558. The first-order valence-corrected chi connectivity index (χ1v) is 10.7. The predicted molar refractivity (Wildman–Crippen MR) is 116 cm³/mol. The average molecular weight is 402 g/mol. The van der Waals surface area contributed by atoms with Crippen LogP contribution in [-0.4, -0.2) is 74.1 Å². The van der Waals surface area contributed by atoms with E-state index in [1.807, 2.05) is 18.7 Å². The Morgan fingerprint density at radius 2 is 1.86 bits per heavy atom. The molecule has 7 nitrogen and oxygen atoms in total. The fraction of sp³-hybridized carbons (Fsp3) is 0.636. The van der Waals surface area contributed by atoms with Crippen LogP contribution in [0.2, 0.25) is 0 Å². The van der Waals surface area contributed by atoms with Crippen molar-refractivity contribution in [2.24, 2.45) is 10.9 Å². The van der Waals surface area contributed by atoms with E-state index in [9.17, 15) is 4.79 Å². The third-order valence-corrected chi connectivity index (χ3v) is 5.55. The van der Waals surface area contributed by atoms with E-state index in [0.717, 1.165) is 64.9 Å². The Bertz CT molecular complexity index is 683. The molecule has 0 aliphatic carbocycles. The summed E-state index contributed by atoms with van der Waals surface area (Å²) in [6.07, 6.45) is 0.954. The number of amides is 1. The summed E-state index contributed by atoms with van der Waals surface area (Å²) in [6.45, 7) is 10.8. The van der Waals surface area contributed by atoms with Gasteiger partial charge in [0.05, 0.1) is 13.2 Å². The fourth-order valence-electron chi connectivity index (χ4n) is 3.80. The van der Waals surface area contributed by atoms with Gasteiger partial charge >= 0.3 is 0 Å². The Morgan fingerprint density at radius 3 is 2.52 bits per heavy atom. The van der Waals surface area contributed by atoms with Gasteiger partial charge in [-0.25, -0.2) is 0 Å². The molecule has 0 saturated carbocycles. The van der Waals surface area contributed by atoms with Gasteiger partial charge < -0.3 is 20.3 Å². The molecule has 29 heavy (non-hydrogen) atoms. The molecule has 3 rings (SSSR count). The molecule has 2 saturated heterocycles. The van der Waals surface area contributed by atoms with E-state index in [2.05, 4.69) is 44.8 Å². The molecule has 0 aromatic heterocycles. The third-order valence-electron chi connectivity index (χ3n) is 5.55. The van der Waals surface area contributed by atoms with Crippen LogP contribution in [0.25, 0.3) is 0 Å². The number of morpholine rings is 1. The summed E-state index contributed by atoms with van der Waals surface area (Å²) in [5.74, 6) is 1.07. The van der Waals surface area contributed by atoms with Crippen LogP contribution in [0.15, 0.2) is 29.3 Å². The summed E-state index contributed by atoms with van der Waals surface area (Å²) in [7, 11) is 1.78. The maximum atomic E-state index is 12.2. The summed E-state index contributed by atoms with van der Waals surface area (Å²) in [5.41, 5.74) is 2.56. The standard InChI is InChI=1S/C22H35N5O2/c1-17(2)21(28)27-9-8-20(16-27)25-22(23-3)24-14-18-4-6-19(7-5-18)15-26-10-12-29-13-11-26/h4-7,17,20H,8-16H2,1-3H3,(H2,23,24,25). The van der Waals surface area contributed by atoms with Gasteiger partial charge in [0.2, 0.25) is 5.91 Å². The number of likely N-dealkylation sites (tertiary alicyclic amines) is 1. The van der Waals surface area contributed by atoms with Crippen LogP contribution in [-0.2, 0) is 22.6 Å². The highest BCUT2D eigenvalue weighted by atomic mass is 16.5. The second kappa shape index (κ2) is 10.6. The second-order valence-electron chi connectivity index (χ2n) is 8.20. The molecule has 2 N–H and O–H groups in total. The molecule has 0 bridgehead atoms. The van der Waals surface area contributed by atoms with Gasteiger partial charge in [0.1, 0.15) is 0 Å². The number of benzene rings is 1. The number of aliphatic imine (C=N–C) groups is 1. The molecule has 0 spiro atoms. The maximum Gasteiger partial charge on any atom is 0.225 e. The monoisotopic (exact) mass is 401 g/mol. The first-order valence-electron chi connectivity index (χ1n) is 10.7. The van der Waals surface area contributed by atoms with Crippen LogP contribution < -0.4 is 10.6 Å². The molecule has 1 aromatic rings. The molecule has 2 aliphatic heterocycles.